The lowest BCUT2D eigenvalue weighted by atomic mass is 9.94. The largest absolute Gasteiger partial charge is 0.375 e. The molecule has 1 aliphatic carbocycles. The smallest absolute Gasteiger partial charge is 0.186 e. The van der Waals surface area contributed by atoms with Crippen LogP contribution in [0.1, 0.15) is 35.6 Å². The van der Waals surface area contributed by atoms with E-state index >= 15 is 0 Å². The van der Waals surface area contributed by atoms with Crippen molar-refractivity contribution in [2.75, 3.05) is 0 Å². The molecule has 0 spiro atoms. The maximum Gasteiger partial charge on any atom is 0.186 e. The lowest BCUT2D eigenvalue weighted by Gasteiger charge is -2.27. The molecule has 2 aromatic carbocycles. The Bertz CT molecular complexity index is 829. The normalized spacial score (nSPS) is 19.4. The van der Waals surface area contributed by atoms with Crippen molar-refractivity contribution in [2.45, 2.75) is 25.3 Å². The van der Waals surface area contributed by atoms with Gasteiger partial charge in [-0.15, -0.1) is 0 Å². The van der Waals surface area contributed by atoms with Crippen LogP contribution in [-0.2, 0) is 6.42 Å². The summed E-state index contributed by atoms with van der Waals surface area (Å²) in [5.41, 5.74) is 15.2. The van der Waals surface area contributed by atoms with Crippen molar-refractivity contribution in [2.24, 2.45) is 5.73 Å². The Balaban J connectivity index is 1.86. The first kappa shape index (κ1) is 15.1. The molecule has 2 aromatic rings. The van der Waals surface area contributed by atoms with Crippen LogP contribution in [0.3, 0.4) is 0 Å². The molecular weight excluding hydrogens is 321 g/mol. The number of nitrogens with two attached hydrogens (primary N) is 1. The molecule has 3 N–H and O–H groups in total. The average Bonchev–Trinajstić information content (AvgIpc) is 2.86. The predicted molar refractivity (Wildman–Crippen MR) is 97.2 cm³/mol. The van der Waals surface area contributed by atoms with Gasteiger partial charge in [-0.05, 0) is 60.3 Å². The number of nitrogens with zero attached hydrogens (tertiary/aromatic N) is 1. The summed E-state index contributed by atoms with van der Waals surface area (Å²) in [6, 6.07) is 14.9. The van der Waals surface area contributed by atoms with Crippen LogP contribution < -0.4 is 11.2 Å². The van der Waals surface area contributed by atoms with Crippen LogP contribution in [0.4, 0.5) is 4.39 Å². The zero-order valence-electron chi connectivity index (χ0n) is 13.1. The fraction of sp³-hybridized carbons (Fsp3) is 0.211. The molecule has 0 unspecified atom stereocenters. The van der Waals surface area contributed by atoms with Gasteiger partial charge in [0.15, 0.2) is 5.11 Å². The lowest BCUT2D eigenvalue weighted by Crippen LogP contribution is -2.43. The topological polar surface area (TPSA) is 41.3 Å². The first-order valence-electron chi connectivity index (χ1n) is 8.07. The third-order valence-electron chi connectivity index (χ3n) is 4.74. The number of benzene rings is 2. The van der Waals surface area contributed by atoms with Crippen LogP contribution in [0, 0.1) is 5.82 Å². The van der Waals surface area contributed by atoms with E-state index in [0.29, 0.717) is 0 Å². The Hall–Kier alpha value is -2.40. The molecule has 0 bridgehead atoms. The molecule has 0 radical (unpaired) electrons. The second-order valence-electron chi connectivity index (χ2n) is 6.19. The van der Waals surface area contributed by atoms with Gasteiger partial charge in [-0.2, -0.15) is 0 Å². The molecule has 0 saturated carbocycles. The molecule has 1 aliphatic heterocycles. The van der Waals surface area contributed by atoms with Gasteiger partial charge in [-0.3, -0.25) is 10.4 Å². The fourth-order valence-electron chi connectivity index (χ4n) is 3.67. The third-order valence-corrected chi connectivity index (χ3v) is 4.94. The van der Waals surface area contributed by atoms with Gasteiger partial charge >= 0.3 is 0 Å². The van der Waals surface area contributed by atoms with E-state index in [4.69, 9.17) is 18.0 Å². The Morgan fingerprint density at radius 1 is 1.12 bits per heavy atom. The highest BCUT2D eigenvalue weighted by Crippen LogP contribution is 2.43. The molecule has 3 nitrogen and oxygen atoms in total. The summed E-state index contributed by atoms with van der Waals surface area (Å²) in [4.78, 5) is 0. The Morgan fingerprint density at radius 2 is 1.88 bits per heavy atom. The monoisotopic (exact) mass is 339 g/mol. The molecule has 2 aliphatic rings. The number of fused-ring (bicyclic) bond motifs is 2. The molecular formula is C19H18FN3S. The molecule has 122 valence electrons. The number of thiocarbonyl (C=S) groups is 1. The standard InChI is InChI=1S/C19H18FN3S/c20-14-10-8-13(9-11-14)18-16-7-3-5-12-4-1-2-6-15(12)17(16)22-23(18)19(21)24/h1-2,4,6,8-11,18,22H,3,5,7H2,(H2,21,24)/t18-/m0/s1. The van der Waals surface area contributed by atoms with Gasteiger partial charge in [0.2, 0.25) is 0 Å². The van der Waals surface area contributed by atoms with Crippen molar-refractivity contribution in [3.05, 3.63) is 76.6 Å². The zero-order chi connectivity index (χ0) is 16.7. The van der Waals surface area contributed by atoms with Gasteiger partial charge in [0.05, 0.1) is 5.70 Å². The minimum atomic E-state index is -0.244. The zero-order valence-corrected chi connectivity index (χ0v) is 13.9. The quantitative estimate of drug-likeness (QED) is 0.778. The van der Waals surface area contributed by atoms with Crippen LogP contribution in [0.15, 0.2) is 54.1 Å². The highest BCUT2D eigenvalue weighted by Gasteiger charge is 2.36. The molecule has 0 saturated heterocycles. The molecule has 0 fully saturated rings. The summed E-state index contributed by atoms with van der Waals surface area (Å²) >= 11 is 5.25. The van der Waals surface area contributed by atoms with Crippen LogP contribution in [0.2, 0.25) is 0 Å². The lowest BCUT2D eigenvalue weighted by molar-refractivity contribution is 0.332. The predicted octanol–water partition coefficient (Wildman–Crippen LogP) is 3.68. The summed E-state index contributed by atoms with van der Waals surface area (Å²) in [7, 11) is 0. The van der Waals surface area contributed by atoms with Crippen molar-refractivity contribution in [1.29, 1.82) is 0 Å². The van der Waals surface area contributed by atoms with Gasteiger partial charge in [-0.25, -0.2) is 4.39 Å². The third kappa shape index (κ3) is 2.45. The van der Waals surface area contributed by atoms with Crippen molar-refractivity contribution in [1.82, 2.24) is 10.4 Å². The van der Waals surface area contributed by atoms with Gasteiger partial charge in [-0.1, -0.05) is 36.4 Å². The number of aryl methyl sites for hydroxylation is 1. The SMILES string of the molecule is NC(=S)N1NC2=C(CCCc3ccccc32)[C@@H]1c1ccc(F)cc1. The van der Waals surface area contributed by atoms with Gasteiger partial charge < -0.3 is 5.73 Å². The summed E-state index contributed by atoms with van der Waals surface area (Å²) in [6.07, 6.45) is 3.08. The number of nitrogens with one attached hydrogen (secondary N) is 1. The first-order valence-corrected chi connectivity index (χ1v) is 8.48. The molecule has 24 heavy (non-hydrogen) atoms. The summed E-state index contributed by atoms with van der Waals surface area (Å²) in [6.45, 7) is 0. The number of hydrogen-bond acceptors (Lipinski definition) is 2. The average molecular weight is 339 g/mol. The molecule has 1 heterocycles. The maximum absolute atomic E-state index is 13.3. The number of hydrazine groups is 1. The second kappa shape index (κ2) is 5.91. The summed E-state index contributed by atoms with van der Waals surface area (Å²) in [5, 5.41) is 2.10. The summed E-state index contributed by atoms with van der Waals surface area (Å²) in [5.74, 6) is -0.244. The Morgan fingerprint density at radius 3 is 2.62 bits per heavy atom. The maximum atomic E-state index is 13.3. The fourth-order valence-corrected chi connectivity index (χ4v) is 3.82. The minimum Gasteiger partial charge on any atom is -0.375 e. The van der Waals surface area contributed by atoms with Crippen LogP contribution in [0.5, 0.6) is 0 Å². The number of halogens is 1. The highest BCUT2D eigenvalue weighted by molar-refractivity contribution is 7.80. The highest BCUT2D eigenvalue weighted by atomic mass is 32.1. The van der Waals surface area contributed by atoms with E-state index in [-0.39, 0.29) is 17.0 Å². The Labute approximate surface area is 145 Å². The molecule has 0 aromatic heterocycles. The van der Waals surface area contributed by atoms with E-state index in [1.165, 1.54) is 28.8 Å². The van der Waals surface area contributed by atoms with E-state index in [0.717, 1.165) is 30.5 Å². The van der Waals surface area contributed by atoms with Crippen molar-refractivity contribution in [3.8, 4) is 0 Å². The molecule has 4 rings (SSSR count). The van der Waals surface area contributed by atoms with Crippen LogP contribution in [0.25, 0.3) is 5.70 Å². The van der Waals surface area contributed by atoms with Gasteiger partial charge in [0, 0.05) is 5.56 Å². The first-order chi connectivity index (χ1) is 11.6. The van der Waals surface area contributed by atoms with Crippen LogP contribution in [-0.4, -0.2) is 10.1 Å². The van der Waals surface area contributed by atoms with E-state index in [1.807, 2.05) is 11.1 Å². The number of hydrogen-bond donors (Lipinski definition) is 2. The van der Waals surface area contributed by atoms with E-state index in [1.54, 1.807) is 12.1 Å². The minimum absolute atomic E-state index is 0.0933. The van der Waals surface area contributed by atoms with E-state index in [9.17, 15) is 4.39 Å². The number of rotatable bonds is 1. The van der Waals surface area contributed by atoms with Gasteiger partial charge in [0.25, 0.3) is 0 Å². The van der Waals surface area contributed by atoms with Crippen LogP contribution >= 0.6 is 12.2 Å². The second-order valence-corrected chi connectivity index (χ2v) is 6.60. The van der Waals surface area contributed by atoms with E-state index in [2.05, 4.69) is 23.6 Å². The molecule has 5 heteroatoms. The summed E-state index contributed by atoms with van der Waals surface area (Å²) < 4.78 is 13.3. The van der Waals surface area contributed by atoms with Crippen molar-refractivity contribution < 1.29 is 4.39 Å². The Kier molecular flexibility index (Phi) is 3.73. The van der Waals surface area contributed by atoms with Crippen molar-refractivity contribution >= 4 is 23.0 Å². The van der Waals surface area contributed by atoms with Crippen molar-refractivity contribution in [3.63, 3.8) is 0 Å². The molecule has 1 atom stereocenters. The molecule has 0 amide bonds. The van der Waals surface area contributed by atoms with Gasteiger partial charge in [0.1, 0.15) is 11.9 Å². The van der Waals surface area contributed by atoms with E-state index < -0.39 is 0 Å².